The molecule has 0 saturated carbocycles. The van der Waals surface area contributed by atoms with Crippen molar-refractivity contribution < 1.29 is 21.8 Å². The lowest BCUT2D eigenvalue weighted by atomic mass is 9.83. The van der Waals surface area contributed by atoms with Gasteiger partial charge in [-0.15, -0.1) is 0 Å². The summed E-state index contributed by atoms with van der Waals surface area (Å²) in [4.78, 5) is 0. The van der Waals surface area contributed by atoms with Crippen LogP contribution < -0.4 is 4.57 Å². The predicted molar refractivity (Wildman–Crippen MR) is 146 cm³/mol. The van der Waals surface area contributed by atoms with E-state index >= 15 is 0 Å². The Morgan fingerprint density at radius 2 is 1.11 bits per heavy atom. The Balaban J connectivity index is 0.000000540. The van der Waals surface area contributed by atoms with Crippen molar-refractivity contribution in [1.82, 2.24) is 0 Å². The van der Waals surface area contributed by atoms with Gasteiger partial charge in [-0.05, 0) is 47.7 Å². The number of benzene rings is 4. The van der Waals surface area contributed by atoms with Gasteiger partial charge in [-0.2, -0.15) is 4.57 Å². The minimum Gasteiger partial charge on any atom is -0.418 e. The average molecular weight is 511 g/mol. The van der Waals surface area contributed by atoms with Crippen LogP contribution in [0.15, 0.2) is 121 Å². The molecule has 0 radical (unpaired) electrons. The molecular formula is C32H26BF4N. The molecular weight excluding hydrogens is 485 g/mol. The summed E-state index contributed by atoms with van der Waals surface area (Å²) >= 11 is 0. The van der Waals surface area contributed by atoms with E-state index in [0.717, 1.165) is 19.4 Å². The molecule has 1 heterocycles. The van der Waals surface area contributed by atoms with Crippen molar-refractivity contribution in [2.24, 2.45) is 0 Å². The summed E-state index contributed by atoms with van der Waals surface area (Å²) in [5.41, 5.74) is 12.1. The number of aromatic nitrogens is 1. The number of halogens is 4. The molecule has 38 heavy (non-hydrogen) atoms. The van der Waals surface area contributed by atoms with E-state index in [-0.39, 0.29) is 0 Å². The molecule has 1 aromatic heterocycles. The van der Waals surface area contributed by atoms with Crippen LogP contribution in [-0.2, 0) is 19.4 Å². The first-order valence-electron chi connectivity index (χ1n) is 12.6. The molecule has 0 N–H and O–H groups in total. The van der Waals surface area contributed by atoms with Gasteiger partial charge in [-0.1, -0.05) is 97.1 Å². The van der Waals surface area contributed by atoms with Crippen molar-refractivity contribution in [1.29, 1.82) is 0 Å². The third-order valence-electron chi connectivity index (χ3n) is 6.71. The fraction of sp³-hybridized carbons (Fsp3) is 0.0938. The van der Waals surface area contributed by atoms with Crippen molar-refractivity contribution >= 4 is 7.25 Å². The Bertz CT molecular complexity index is 1510. The van der Waals surface area contributed by atoms with Crippen molar-refractivity contribution in [3.63, 3.8) is 0 Å². The van der Waals surface area contributed by atoms with Gasteiger partial charge < -0.3 is 17.3 Å². The van der Waals surface area contributed by atoms with Crippen LogP contribution in [-0.4, -0.2) is 7.25 Å². The zero-order valence-electron chi connectivity index (χ0n) is 20.7. The van der Waals surface area contributed by atoms with Gasteiger partial charge in [-0.3, -0.25) is 0 Å². The van der Waals surface area contributed by atoms with E-state index in [0.29, 0.717) is 0 Å². The quantitative estimate of drug-likeness (QED) is 0.130. The van der Waals surface area contributed by atoms with Crippen LogP contribution in [0.3, 0.4) is 0 Å². The number of aryl methyl sites for hydroxylation is 1. The highest BCUT2D eigenvalue weighted by atomic mass is 19.5. The summed E-state index contributed by atoms with van der Waals surface area (Å²) in [6.07, 6.45) is 2.14. The second kappa shape index (κ2) is 11.1. The largest absolute Gasteiger partial charge is 0.673 e. The normalized spacial score (nSPS) is 12.1. The van der Waals surface area contributed by atoms with Crippen LogP contribution in [0.5, 0.6) is 0 Å². The molecule has 1 aliphatic carbocycles. The zero-order chi connectivity index (χ0) is 26.5. The molecule has 0 fully saturated rings. The molecule has 190 valence electrons. The van der Waals surface area contributed by atoms with E-state index in [1.165, 1.54) is 50.3 Å². The lowest BCUT2D eigenvalue weighted by molar-refractivity contribution is -0.667. The molecule has 0 aliphatic heterocycles. The van der Waals surface area contributed by atoms with Gasteiger partial charge in [0.05, 0.1) is 0 Å². The number of hydrogen-bond acceptors (Lipinski definition) is 0. The molecule has 4 aromatic carbocycles. The lowest BCUT2D eigenvalue weighted by Crippen LogP contribution is -2.41. The number of rotatable bonds is 4. The highest BCUT2D eigenvalue weighted by Crippen LogP contribution is 2.39. The summed E-state index contributed by atoms with van der Waals surface area (Å²) in [6, 6.07) is 43.9. The van der Waals surface area contributed by atoms with Gasteiger partial charge in [0.1, 0.15) is 0 Å². The smallest absolute Gasteiger partial charge is 0.418 e. The molecule has 6 heteroatoms. The highest BCUT2D eigenvalue weighted by molar-refractivity contribution is 6.50. The first kappa shape index (κ1) is 25.5. The Labute approximate surface area is 220 Å². The fourth-order valence-corrected chi connectivity index (χ4v) is 5.16. The number of pyridine rings is 1. The van der Waals surface area contributed by atoms with Gasteiger partial charge in [0.2, 0.25) is 11.4 Å². The molecule has 0 saturated heterocycles. The third-order valence-corrected chi connectivity index (χ3v) is 6.71. The van der Waals surface area contributed by atoms with Crippen molar-refractivity contribution in [2.75, 3.05) is 0 Å². The molecule has 1 aliphatic rings. The van der Waals surface area contributed by atoms with E-state index in [9.17, 15) is 17.3 Å². The molecule has 5 aromatic rings. The molecule has 0 unspecified atom stereocenters. The van der Waals surface area contributed by atoms with Crippen LogP contribution in [0.2, 0.25) is 0 Å². The number of hydrogen-bond donors (Lipinski definition) is 0. The van der Waals surface area contributed by atoms with Crippen molar-refractivity contribution in [3.05, 3.63) is 138 Å². The van der Waals surface area contributed by atoms with E-state index in [1.54, 1.807) is 0 Å². The second-order valence-corrected chi connectivity index (χ2v) is 9.23. The van der Waals surface area contributed by atoms with Gasteiger partial charge >= 0.3 is 7.25 Å². The molecule has 0 amide bonds. The average Bonchev–Trinajstić information content (AvgIpc) is 2.93. The first-order valence-corrected chi connectivity index (χ1v) is 12.6. The van der Waals surface area contributed by atoms with E-state index < -0.39 is 7.25 Å². The van der Waals surface area contributed by atoms with Crippen LogP contribution in [0.1, 0.15) is 16.7 Å². The standard InChI is InChI=1S/C32H26N.BF4/c1-4-12-24(13-5-1)23-33-31(27-17-8-3-9-18-27)22-30(25-14-6-2-7-15-25)29-21-20-26-16-10-11-19-28(26)32(29)33;2-1(3,4)5/h1-19,22H,20-21,23H2;/q+1;-1. The Kier molecular flexibility index (Phi) is 7.41. The summed E-state index contributed by atoms with van der Waals surface area (Å²) in [5.74, 6) is 0. The molecule has 0 bridgehead atoms. The van der Waals surface area contributed by atoms with Gasteiger partial charge in [0, 0.05) is 28.3 Å². The van der Waals surface area contributed by atoms with Crippen molar-refractivity contribution in [2.45, 2.75) is 19.4 Å². The van der Waals surface area contributed by atoms with Gasteiger partial charge in [-0.25, -0.2) is 0 Å². The summed E-state index contributed by atoms with van der Waals surface area (Å²) in [7, 11) is -6.00. The Hall–Kier alpha value is -4.19. The maximum atomic E-state index is 9.75. The van der Waals surface area contributed by atoms with Crippen molar-refractivity contribution in [3.8, 4) is 33.6 Å². The number of nitrogens with zero attached hydrogens (tertiary/aromatic N) is 1. The minimum absolute atomic E-state index is 0.844. The van der Waals surface area contributed by atoms with Crippen LogP contribution >= 0.6 is 0 Å². The summed E-state index contributed by atoms with van der Waals surface area (Å²) < 4.78 is 41.5. The third kappa shape index (κ3) is 5.86. The first-order chi connectivity index (χ1) is 18.4. The fourth-order valence-electron chi connectivity index (χ4n) is 5.16. The second-order valence-electron chi connectivity index (χ2n) is 9.23. The Morgan fingerprint density at radius 1 is 0.579 bits per heavy atom. The van der Waals surface area contributed by atoms with Gasteiger partial charge in [0.15, 0.2) is 6.54 Å². The maximum Gasteiger partial charge on any atom is 0.673 e. The lowest BCUT2D eigenvalue weighted by Gasteiger charge is -2.23. The molecule has 6 rings (SSSR count). The van der Waals surface area contributed by atoms with E-state index in [2.05, 4.69) is 126 Å². The summed E-state index contributed by atoms with van der Waals surface area (Å²) in [6.45, 7) is 0.844. The van der Waals surface area contributed by atoms with Gasteiger partial charge in [0.25, 0.3) is 0 Å². The van der Waals surface area contributed by atoms with Crippen LogP contribution in [0.4, 0.5) is 17.3 Å². The minimum atomic E-state index is -6.00. The zero-order valence-corrected chi connectivity index (χ0v) is 20.7. The van der Waals surface area contributed by atoms with Crippen LogP contribution in [0.25, 0.3) is 33.6 Å². The Morgan fingerprint density at radius 3 is 1.74 bits per heavy atom. The van der Waals surface area contributed by atoms with E-state index in [4.69, 9.17) is 0 Å². The highest BCUT2D eigenvalue weighted by Gasteiger charge is 2.32. The SMILES string of the molecule is F[B-](F)(F)F.c1ccc(C[n+]2c(-c3ccccc3)cc(-c3ccccc3)c3c2-c2ccccc2CC3)cc1. The molecule has 1 nitrogen and oxygen atoms in total. The number of fused-ring (bicyclic) bond motifs is 3. The molecule has 0 atom stereocenters. The topological polar surface area (TPSA) is 3.88 Å². The van der Waals surface area contributed by atoms with E-state index in [1.807, 2.05) is 0 Å². The summed E-state index contributed by atoms with van der Waals surface area (Å²) in [5, 5.41) is 0. The van der Waals surface area contributed by atoms with Crippen LogP contribution in [0, 0.1) is 0 Å². The maximum absolute atomic E-state index is 9.75. The predicted octanol–water partition coefficient (Wildman–Crippen LogP) is 8.42. The molecule has 0 spiro atoms. The monoisotopic (exact) mass is 511 g/mol.